The van der Waals surface area contributed by atoms with Crippen molar-refractivity contribution >= 4 is 11.3 Å². The topological polar surface area (TPSA) is 0 Å². The predicted molar refractivity (Wildman–Crippen MR) is 76.0 cm³/mol. The lowest BCUT2D eigenvalue weighted by Gasteiger charge is -2.20. The molecule has 0 saturated carbocycles. The SMILES string of the molecule is Cc1cc2c(s1)Cc1cc(C(C)(C)C)ccc1-2. The molecule has 88 valence electrons. The molecular weight excluding hydrogens is 224 g/mol. The maximum atomic E-state index is 2.40. The Morgan fingerprint density at radius 2 is 1.82 bits per heavy atom. The molecule has 0 saturated heterocycles. The van der Waals surface area contributed by atoms with E-state index in [1.165, 1.54) is 27.1 Å². The first kappa shape index (κ1) is 11.0. The minimum absolute atomic E-state index is 0.251. The Morgan fingerprint density at radius 3 is 2.53 bits per heavy atom. The van der Waals surface area contributed by atoms with Gasteiger partial charge in [0.2, 0.25) is 0 Å². The van der Waals surface area contributed by atoms with Crippen molar-refractivity contribution in [2.75, 3.05) is 0 Å². The van der Waals surface area contributed by atoms with E-state index in [1.54, 1.807) is 4.88 Å². The van der Waals surface area contributed by atoms with Crippen molar-refractivity contribution in [2.24, 2.45) is 0 Å². The van der Waals surface area contributed by atoms with Gasteiger partial charge < -0.3 is 0 Å². The first-order chi connectivity index (χ1) is 7.95. The van der Waals surface area contributed by atoms with Crippen LogP contribution in [0, 0.1) is 6.92 Å². The fraction of sp³-hybridized carbons (Fsp3) is 0.375. The van der Waals surface area contributed by atoms with Crippen LogP contribution < -0.4 is 0 Å². The standard InChI is InChI=1S/C16H18S/c1-10-7-14-13-6-5-12(16(2,3)4)8-11(13)9-15(14)17-10/h5-8H,9H2,1-4H3. The smallest absolute Gasteiger partial charge is 0.0171 e. The van der Waals surface area contributed by atoms with Crippen LogP contribution >= 0.6 is 11.3 Å². The maximum absolute atomic E-state index is 2.40. The molecule has 3 rings (SSSR count). The van der Waals surface area contributed by atoms with Gasteiger partial charge in [0.15, 0.2) is 0 Å². The average Bonchev–Trinajstić information content (AvgIpc) is 2.71. The van der Waals surface area contributed by atoms with Crippen LogP contribution in [0.4, 0.5) is 0 Å². The second-order valence-corrected chi connectivity index (χ2v) is 7.33. The van der Waals surface area contributed by atoms with Gasteiger partial charge in [-0.2, -0.15) is 0 Å². The molecule has 0 unspecified atom stereocenters. The quantitative estimate of drug-likeness (QED) is 0.524. The highest BCUT2D eigenvalue weighted by Crippen LogP contribution is 2.42. The average molecular weight is 242 g/mol. The molecule has 0 spiro atoms. The van der Waals surface area contributed by atoms with E-state index in [1.807, 2.05) is 11.3 Å². The van der Waals surface area contributed by atoms with Crippen LogP contribution in [0.5, 0.6) is 0 Å². The van der Waals surface area contributed by atoms with E-state index < -0.39 is 0 Å². The van der Waals surface area contributed by atoms with Gasteiger partial charge in [0.05, 0.1) is 0 Å². The van der Waals surface area contributed by atoms with Gasteiger partial charge in [-0.15, -0.1) is 11.3 Å². The first-order valence-corrected chi connectivity index (χ1v) is 7.00. The molecule has 0 aliphatic heterocycles. The molecule has 1 aromatic heterocycles. The molecule has 0 nitrogen and oxygen atoms in total. The Labute approximate surface area is 107 Å². The molecule has 1 heteroatoms. The molecule has 0 N–H and O–H groups in total. The summed E-state index contributed by atoms with van der Waals surface area (Å²) in [4.78, 5) is 2.98. The number of hydrogen-bond donors (Lipinski definition) is 0. The summed E-state index contributed by atoms with van der Waals surface area (Å²) in [5, 5.41) is 0. The Hall–Kier alpha value is -1.08. The molecule has 0 amide bonds. The molecule has 1 aliphatic rings. The van der Waals surface area contributed by atoms with Crippen LogP contribution in [0.15, 0.2) is 24.3 Å². The molecule has 0 radical (unpaired) electrons. The summed E-state index contributed by atoms with van der Waals surface area (Å²) in [7, 11) is 0. The van der Waals surface area contributed by atoms with Crippen molar-refractivity contribution in [2.45, 2.75) is 39.5 Å². The molecule has 1 aromatic carbocycles. The summed E-state index contributed by atoms with van der Waals surface area (Å²) >= 11 is 1.95. The largest absolute Gasteiger partial charge is 0.145 e. The minimum atomic E-state index is 0.251. The van der Waals surface area contributed by atoms with Crippen molar-refractivity contribution in [1.82, 2.24) is 0 Å². The molecule has 0 atom stereocenters. The van der Waals surface area contributed by atoms with Gasteiger partial charge in [0.1, 0.15) is 0 Å². The predicted octanol–water partition coefficient (Wildman–Crippen LogP) is 4.93. The van der Waals surface area contributed by atoms with E-state index in [9.17, 15) is 0 Å². The third kappa shape index (κ3) is 1.73. The van der Waals surface area contributed by atoms with Crippen molar-refractivity contribution in [3.8, 4) is 11.1 Å². The van der Waals surface area contributed by atoms with Gasteiger partial charge in [-0.05, 0) is 40.7 Å². The highest BCUT2D eigenvalue weighted by molar-refractivity contribution is 7.12. The minimum Gasteiger partial charge on any atom is -0.145 e. The van der Waals surface area contributed by atoms with Crippen LogP contribution in [0.2, 0.25) is 0 Å². The number of rotatable bonds is 0. The Bertz CT molecular complexity index is 582. The number of aryl methyl sites for hydroxylation is 1. The Balaban J connectivity index is 2.11. The molecular formula is C16H18S. The van der Waals surface area contributed by atoms with Crippen LogP contribution in [0.25, 0.3) is 11.1 Å². The van der Waals surface area contributed by atoms with Gasteiger partial charge in [-0.1, -0.05) is 39.0 Å². The third-order valence-electron chi connectivity index (χ3n) is 3.54. The second-order valence-electron chi connectivity index (χ2n) is 5.99. The first-order valence-electron chi connectivity index (χ1n) is 6.18. The third-order valence-corrected chi connectivity index (χ3v) is 4.60. The molecule has 1 heterocycles. The van der Waals surface area contributed by atoms with Crippen LogP contribution in [0.1, 0.15) is 41.7 Å². The van der Waals surface area contributed by atoms with Crippen LogP contribution in [-0.2, 0) is 11.8 Å². The van der Waals surface area contributed by atoms with Crippen LogP contribution in [-0.4, -0.2) is 0 Å². The van der Waals surface area contributed by atoms with Gasteiger partial charge in [-0.3, -0.25) is 0 Å². The van der Waals surface area contributed by atoms with Gasteiger partial charge in [-0.25, -0.2) is 0 Å². The van der Waals surface area contributed by atoms with Gasteiger partial charge in [0.25, 0.3) is 0 Å². The zero-order valence-electron chi connectivity index (χ0n) is 10.9. The Morgan fingerprint density at radius 1 is 1.06 bits per heavy atom. The number of hydrogen-bond acceptors (Lipinski definition) is 1. The summed E-state index contributed by atoms with van der Waals surface area (Å²) in [6.07, 6.45) is 1.13. The summed E-state index contributed by atoms with van der Waals surface area (Å²) < 4.78 is 0. The number of thiophene rings is 1. The second kappa shape index (κ2) is 3.46. The molecule has 1 aliphatic carbocycles. The highest BCUT2D eigenvalue weighted by atomic mass is 32.1. The van der Waals surface area contributed by atoms with Crippen LogP contribution in [0.3, 0.4) is 0 Å². The molecule has 2 aromatic rings. The lowest BCUT2D eigenvalue weighted by Crippen LogP contribution is -2.11. The van der Waals surface area contributed by atoms with Crippen molar-refractivity contribution in [1.29, 1.82) is 0 Å². The highest BCUT2D eigenvalue weighted by Gasteiger charge is 2.23. The van der Waals surface area contributed by atoms with E-state index in [-0.39, 0.29) is 5.41 Å². The van der Waals surface area contributed by atoms with Crippen molar-refractivity contribution in [3.05, 3.63) is 45.1 Å². The van der Waals surface area contributed by atoms with E-state index in [4.69, 9.17) is 0 Å². The molecule has 17 heavy (non-hydrogen) atoms. The van der Waals surface area contributed by atoms with Gasteiger partial charge in [0, 0.05) is 16.2 Å². The lowest BCUT2D eigenvalue weighted by atomic mass is 9.85. The van der Waals surface area contributed by atoms with E-state index in [0.29, 0.717) is 0 Å². The fourth-order valence-corrected chi connectivity index (χ4v) is 3.64. The fourth-order valence-electron chi connectivity index (χ4n) is 2.56. The van der Waals surface area contributed by atoms with E-state index in [2.05, 4.69) is 52.0 Å². The zero-order valence-corrected chi connectivity index (χ0v) is 11.7. The van der Waals surface area contributed by atoms with Crippen molar-refractivity contribution < 1.29 is 0 Å². The summed E-state index contributed by atoms with van der Waals surface area (Å²) in [6.45, 7) is 9.04. The molecule has 0 bridgehead atoms. The normalized spacial score (nSPS) is 13.6. The van der Waals surface area contributed by atoms with E-state index in [0.717, 1.165) is 6.42 Å². The lowest BCUT2D eigenvalue weighted by molar-refractivity contribution is 0.590. The molecule has 0 fully saturated rings. The van der Waals surface area contributed by atoms with Crippen molar-refractivity contribution in [3.63, 3.8) is 0 Å². The number of benzene rings is 1. The van der Waals surface area contributed by atoms with E-state index >= 15 is 0 Å². The number of fused-ring (bicyclic) bond motifs is 3. The summed E-state index contributed by atoms with van der Waals surface area (Å²) in [6, 6.07) is 9.34. The maximum Gasteiger partial charge on any atom is 0.0171 e. The summed E-state index contributed by atoms with van der Waals surface area (Å²) in [5.41, 5.74) is 6.14. The Kier molecular flexibility index (Phi) is 2.24. The monoisotopic (exact) mass is 242 g/mol. The summed E-state index contributed by atoms with van der Waals surface area (Å²) in [5.74, 6) is 0. The zero-order chi connectivity index (χ0) is 12.2. The van der Waals surface area contributed by atoms with Gasteiger partial charge >= 0.3 is 0 Å².